The van der Waals surface area contributed by atoms with Gasteiger partial charge in [0.05, 0.1) is 18.1 Å². The van der Waals surface area contributed by atoms with Crippen molar-refractivity contribution in [2.24, 2.45) is 28.9 Å². The van der Waals surface area contributed by atoms with E-state index in [-0.39, 0.29) is 42.9 Å². The third-order valence-corrected chi connectivity index (χ3v) is 8.39. The molecule has 2 aliphatic rings. The van der Waals surface area contributed by atoms with Gasteiger partial charge in [-0.2, -0.15) is 0 Å². The Kier molecular flexibility index (Phi) is 17.7. The van der Waals surface area contributed by atoms with Gasteiger partial charge in [0.1, 0.15) is 17.5 Å². The fourth-order valence-corrected chi connectivity index (χ4v) is 5.79. The number of unbranched alkanes of at least 4 members (excludes halogenated alkanes) is 2. The van der Waals surface area contributed by atoms with Crippen molar-refractivity contribution in [3.8, 4) is 5.75 Å². The summed E-state index contributed by atoms with van der Waals surface area (Å²) in [6, 6.07) is 4.68. The number of benzene rings is 1. The van der Waals surface area contributed by atoms with Gasteiger partial charge in [-0.1, -0.05) is 53.0 Å². The molecule has 2 amide bonds. The maximum Gasteiger partial charge on any atom is 0.270 e. The van der Waals surface area contributed by atoms with Gasteiger partial charge in [0.25, 0.3) is 5.56 Å². The van der Waals surface area contributed by atoms with Gasteiger partial charge in [0.15, 0.2) is 0 Å². The van der Waals surface area contributed by atoms with Gasteiger partial charge in [0.2, 0.25) is 18.7 Å². The number of aromatic amines is 1. The minimum Gasteiger partial charge on any atom is -0.540 e. The molecule has 2 heterocycles. The van der Waals surface area contributed by atoms with Crippen LogP contribution in [0.4, 0.5) is 8.78 Å². The van der Waals surface area contributed by atoms with Crippen molar-refractivity contribution in [2.45, 2.75) is 97.6 Å². The molecule has 1 aliphatic carbocycles. The Labute approximate surface area is 282 Å². The van der Waals surface area contributed by atoms with Gasteiger partial charge in [0, 0.05) is 44.7 Å². The molecule has 4 rings (SSSR count). The Balaban J connectivity index is 0.000000418. The van der Waals surface area contributed by atoms with Gasteiger partial charge in [-0.25, -0.2) is 20.1 Å². The zero-order chi connectivity index (χ0) is 33.7. The number of aromatic nitrogens is 2. The van der Waals surface area contributed by atoms with E-state index < -0.39 is 29.9 Å². The first-order chi connectivity index (χ1) is 21.3. The van der Waals surface area contributed by atoms with Crippen molar-refractivity contribution in [2.75, 3.05) is 20.8 Å². The number of rotatable bonds is 12. The number of carbonyl (C=O) groups is 2. The predicted molar refractivity (Wildman–Crippen MR) is 169 cm³/mol. The molecule has 257 valence electrons. The number of fused-ring (bicyclic) bond motifs is 1. The van der Waals surface area contributed by atoms with Crippen LogP contribution in [0.1, 0.15) is 78.3 Å². The van der Waals surface area contributed by atoms with Crippen molar-refractivity contribution in [3.05, 3.63) is 34.2 Å². The van der Waals surface area contributed by atoms with Crippen LogP contribution in [0.15, 0.2) is 23.0 Å². The molecule has 2 fully saturated rings. The average Bonchev–Trinajstić information content (AvgIpc) is 3.53. The van der Waals surface area contributed by atoms with Crippen LogP contribution in [0, 0.1) is 23.2 Å². The van der Waals surface area contributed by atoms with Gasteiger partial charge < -0.3 is 29.9 Å². The van der Waals surface area contributed by atoms with E-state index in [0.717, 1.165) is 41.5 Å². The van der Waals surface area contributed by atoms with Gasteiger partial charge in [-0.15, -0.1) is 0 Å². The first-order valence-electron chi connectivity index (χ1n) is 15.5. The number of aryl methyl sites for hydroxylation is 1. The molecule has 13 heteroatoms. The monoisotopic (exact) mass is 686 g/mol. The first kappa shape index (κ1) is 41.2. The topological polar surface area (TPSA) is 145 Å². The summed E-state index contributed by atoms with van der Waals surface area (Å²) in [6.07, 6.45) is 5.86. The number of nitrogens with one attached hydrogen (secondary N) is 1. The van der Waals surface area contributed by atoms with Crippen LogP contribution in [0.2, 0.25) is 0 Å². The molecule has 1 aromatic carbocycles. The van der Waals surface area contributed by atoms with E-state index in [4.69, 9.17) is 14.3 Å². The molecule has 0 bridgehead atoms. The second-order valence-corrected chi connectivity index (χ2v) is 12.9. The first-order valence-corrected chi connectivity index (χ1v) is 15.5. The van der Waals surface area contributed by atoms with E-state index in [1.165, 1.54) is 37.7 Å². The molecular weight excluding hydrogens is 637 g/mol. The number of nitrogens with zero attached hydrogens (tertiary/aromatic N) is 2. The standard InChI is InChI=1S/C18H24N2O2.C14H22F2NO3.CH3NO.V/c1-12-10-13(12)6-4-3-5-7-16-18(21)20-17-11-14(22-2)8-9-15(17)19-16;1-14(2,3)12(20-4)13(19)17-6-5-9(7-11(15)16)10(17)8-18;2-1-3;/h8-9,11-13H,3-7,10H2,1-2H3,(H,20,21);9-12H,5-7H2,1-4H3;1H,(H2,2,3);/q;-1;;/t;9?,10?,12-;;/m.1../s1. The largest absolute Gasteiger partial charge is 0.540 e. The molecule has 4 unspecified atom stereocenters. The van der Waals surface area contributed by atoms with Crippen LogP contribution in [0.25, 0.3) is 11.0 Å². The van der Waals surface area contributed by atoms with E-state index in [0.29, 0.717) is 18.7 Å². The molecule has 1 saturated carbocycles. The molecule has 46 heavy (non-hydrogen) atoms. The molecule has 1 saturated heterocycles. The zero-order valence-electron chi connectivity index (χ0n) is 27.8. The van der Waals surface area contributed by atoms with Crippen molar-refractivity contribution in [3.63, 3.8) is 0 Å². The fourth-order valence-electron chi connectivity index (χ4n) is 5.79. The number of hydrogen-bond acceptors (Lipinski definition) is 7. The van der Waals surface area contributed by atoms with E-state index in [2.05, 4.69) is 22.6 Å². The van der Waals surface area contributed by atoms with Crippen molar-refractivity contribution < 1.29 is 51.2 Å². The number of alkyl halides is 2. The third kappa shape index (κ3) is 12.4. The van der Waals surface area contributed by atoms with Crippen LogP contribution in [-0.4, -0.2) is 72.8 Å². The summed E-state index contributed by atoms with van der Waals surface area (Å²) in [4.78, 5) is 53.0. The number of amides is 2. The van der Waals surface area contributed by atoms with Gasteiger partial charge in [-0.3, -0.25) is 14.4 Å². The molecule has 2 aromatic rings. The zero-order valence-corrected chi connectivity index (χ0v) is 29.2. The van der Waals surface area contributed by atoms with E-state index in [1.807, 2.05) is 39.0 Å². The number of ether oxygens (including phenoxy) is 2. The van der Waals surface area contributed by atoms with Crippen molar-refractivity contribution in [1.82, 2.24) is 14.9 Å². The molecule has 3 N–H and O–H groups in total. The van der Waals surface area contributed by atoms with Crippen molar-refractivity contribution >= 4 is 29.6 Å². The fraction of sp³-hybridized carbons (Fsp3) is 0.667. The second-order valence-electron chi connectivity index (χ2n) is 12.9. The van der Waals surface area contributed by atoms with E-state index in [1.54, 1.807) is 13.4 Å². The summed E-state index contributed by atoms with van der Waals surface area (Å²) in [7, 11) is 3.05. The van der Waals surface area contributed by atoms with E-state index in [9.17, 15) is 23.2 Å². The molecule has 1 aromatic heterocycles. The molecule has 1 radical (unpaired) electrons. The number of H-pyrrole nitrogens is 1. The minimum atomic E-state index is -2.48. The number of primary amides is 1. The Morgan fingerprint density at radius 1 is 1.22 bits per heavy atom. The Bertz CT molecular complexity index is 1310. The molecule has 10 nitrogen and oxygen atoms in total. The second kappa shape index (κ2) is 19.7. The summed E-state index contributed by atoms with van der Waals surface area (Å²) in [5.41, 5.74) is 5.87. The van der Waals surface area contributed by atoms with Crippen LogP contribution in [0.5, 0.6) is 5.75 Å². The number of likely N-dealkylation sites (tertiary alicyclic amines) is 1. The van der Waals surface area contributed by atoms with Crippen LogP contribution < -0.4 is 16.0 Å². The normalized spacial score (nSPS) is 20.8. The smallest absolute Gasteiger partial charge is 0.270 e. The summed E-state index contributed by atoms with van der Waals surface area (Å²) in [6.45, 7) is 8.19. The minimum absolute atomic E-state index is 0. The van der Waals surface area contributed by atoms with Crippen LogP contribution in [0.3, 0.4) is 0 Å². The molecule has 5 atom stereocenters. The summed E-state index contributed by atoms with van der Waals surface area (Å²) in [5.74, 6) is 1.80. The Morgan fingerprint density at radius 3 is 2.39 bits per heavy atom. The molecule has 0 spiro atoms. The average molecular weight is 687 g/mol. The van der Waals surface area contributed by atoms with Gasteiger partial charge in [-0.05, 0) is 61.0 Å². The summed E-state index contributed by atoms with van der Waals surface area (Å²) < 4.78 is 35.4. The number of hydrogen-bond donors (Lipinski definition) is 2. The summed E-state index contributed by atoms with van der Waals surface area (Å²) >= 11 is 0. The van der Waals surface area contributed by atoms with Crippen LogP contribution >= 0.6 is 0 Å². The Hall–Kier alpha value is -2.83. The summed E-state index contributed by atoms with van der Waals surface area (Å²) in [5, 5.41) is 0. The number of halogens is 2. The third-order valence-electron chi connectivity index (χ3n) is 8.39. The van der Waals surface area contributed by atoms with Crippen molar-refractivity contribution in [1.29, 1.82) is 0 Å². The maximum atomic E-state index is 12.5. The maximum absolute atomic E-state index is 12.5. The number of nitrogens with two attached hydrogens (primary N) is 1. The number of methoxy groups -OCH3 is 2. The number of carbonyl (C=O) groups excluding carboxylic acids is 3. The quantitative estimate of drug-likeness (QED) is 0.185. The van der Waals surface area contributed by atoms with Gasteiger partial charge >= 0.3 is 0 Å². The Morgan fingerprint density at radius 2 is 1.87 bits per heavy atom. The predicted octanol–water partition coefficient (Wildman–Crippen LogP) is 4.82. The van der Waals surface area contributed by atoms with Crippen LogP contribution in [-0.2, 0) is 44.1 Å². The molecular formula is C33H49F2N4O6V-. The molecule has 1 aliphatic heterocycles. The van der Waals surface area contributed by atoms with E-state index >= 15 is 0 Å². The SMILES string of the molecule is CO[C@H](C(=O)N1CCC(CC(F)F)C1[C-]=O)C(C)(C)C.COc1ccc2nc(CCCCCC3CC3C)c(=O)[nH]c2c1.NC=O.[V].